The number of hydrogen-bond donors (Lipinski definition) is 0. The largest absolute Gasteiger partial charge is 0.347 e. The van der Waals surface area contributed by atoms with E-state index in [9.17, 15) is 5.11 Å². The summed E-state index contributed by atoms with van der Waals surface area (Å²) in [6.07, 6.45) is 3.15. The van der Waals surface area contributed by atoms with Crippen LogP contribution in [0.2, 0.25) is 0 Å². The van der Waals surface area contributed by atoms with E-state index in [1.807, 2.05) is 18.3 Å². The molecule has 0 amide bonds. The van der Waals surface area contributed by atoms with Crippen molar-refractivity contribution in [1.82, 2.24) is 4.57 Å². The molecule has 0 saturated heterocycles. The van der Waals surface area contributed by atoms with Gasteiger partial charge in [0.15, 0.2) is 5.75 Å². The lowest BCUT2D eigenvalue weighted by molar-refractivity contribution is 0.355. The van der Waals surface area contributed by atoms with Gasteiger partial charge < -0.3 is 4.57 Å². The smallest absolute Gasteiger partial charge is 0.179 e. The van der Waals surface area contributed by atoms with Crippen LogP contribution in [0.4, 0.5) is 0 Å². The molecule has 0 unspecified atom stereocenters. The van der Waals surface area contributed by atoms with Crippen LogP contribution in [0.3, 0.4) is 0 Å². The van der Waals surface area contributed by atoms with Crippen molar-refractivity contribution >= 4 is 10.9 Å². The first kappa shape index (κ1) is 8.17. The fraction of sp³-hybridized carbons (Fsp3) is 0.273. The van der Waals surface area contributed by atoms with Crippen LogP contribution in [0.25, 0.3) is 10.9 Å². The van der Waals surface area contributed by atoms with Gasteiger partial charge in [0.2, 0.25) is 0 Å². The molecule has 2 aromatic rings. The summed E-state index contributed by atoms with van der Waals surface area (Å²) in [6, 6.07) is 7.19. The summed E-state index contributed by atoms with van der Waals surface area (Å²) in [7, 11) is 0. The van der Waals surface area contributed by atoms with Gasteiger partial charge in [-0.1, -0.05) is 6.92 Å². The van der Waals surface area contributed by atoms with E-state index in [4.69, 9.17) is 0 Å². The van der Waals surface area contributed by atoms with E-state index < -0.39 is 0 Å². The van der Waals surface area contributed by atoms with E-state index in [0.717, 1.165) is 23.9 Å². The quantitative estimate of drug-likeness (QED) is 0.668. The zero-order chi connectivity index (χ0) is 9.26. The Morgan fingerprint density at radius 3 is 2.92 bits per heavy atom. The van der Waals surface area contributed by atoms with Crippen LogP contribution >= 0.6 is 0 Å². The predicted octanol–water partition coefficient (Wildman–Crippen LogP) is 3.20. The lowest BCUT2D eigenvalue weighted by Crippen LogP contribution is -1.92. The predicted molar refractivity (Wildman–Crippen MR) is 52.4 cm³/mol. The lowest BCUT2D eigenvalue weighted by Gasteiger charge is -2.01. The van der Waals surface area contributed by atoms with E-state index in [0.29, 0.717) is 0 Å². The molecule has 0 N–H and O–H groups in total. The second-order valence-corrected chi connectivity index (χ2v) is 3.23. The summed E-state index contributed by atoms with van der Waals surface area (Å²) in [5.74, 6) is 0.0850. The highest BCUT2D eigenvalue weighted by Gasteiger charge is 2.00. The molecule has 2 rings (SSSR count). The minimum Gasteiger partial charge on any atom is -0.347 e. The van der Waals surface area contributed by atoms with E-state index in [2.05, 4.69) is 11.5 Å². The summed E-state index contributed by atoms with van der Waals surface area (Å²) in [5, 5.41) is 12.1. The van der Waals surface area contributed by atoms with Gasteiger partial charge in [-0.15, -0.1) is 0 Å². The minimum absolute atomic E-state index is 0.0850. The molecule has 0 saturated carbocycles. The summed E-state index contributed by atoms with van der Waals surface area (Å²) >= 11 is 0. The SMILES string of the molecule is CCCn1ccc2cc([O])ccc21. The highest BCUT2D eigenvalue weighted by Crippen LogP contribution is 2.21. The number of aromatic nitrogens is 1. The molecule has 1 aromatic carbocycles. The third kappa shape index (κ3) is 1.39. The molecule has 1 aromatic heterocycles. The number of aryl methyl sites for hydroxylation is 1. The standard InChI is InChI=1S/C11H12NO/c1-2-6-12-7-5-9-8-10(13)3-4-11(9)12/h3-5,7-8H,2,6H2,1H3. The average Bonchev–Trinajstić information content (AvgIpc) is 2.49. The number of rotatable bonds is 2. The third-order valence-corrected chi connectivity index (χ3v) is 2.21. The summed E-state index contributed by atoms with van der Waals surface area (Å²) < 4.78 is 2.18. The minimum atomic E-state index is 0.0850. The molecule has 2 heteroatoms. The molecule has 0 aliphatic carbocycles. The van der Waals surface area contributed by atoms with Crippen molar-refractivity contribution in [3.05, 3.63) is 30.5 Å². The lowest BCUT2D eigenvalue weighted by atomic mass is 10.2. The Morgan fingerprint density at radius 1 is 1.31 bits per heavy atom. The molecule has 0 fully saturated rings. The highest BCUT2D eigenvalue weighted by atomic mass is 16.3. The van der Waals surface area contributed by atoms with Gasteiger partial charge in [0.1, 0.15) is 0 Å². The van der Waals surface area contributed by atoms with Crippen LogP contribution in [0, 0.1) is 0 Å². The summed E-state index contributed by atoms with van der Waals surface area (Å²) in [4.78, 5) is 0. The Morgan fingerprint density at radius 2 is 2.15 bits per heavy atom. The third-order valence-electron chi connectivity index (χ3n) is 2.21. The van der Waals surface area contributed by atoms with Gasteiger partial charge in [0, 0.05) is 23.6 Å². The van der Waals surface area contributed by atoms with Crippen LogP contribution in [-0.2, 0) is 11.7 Å². The Labute approximate surface area is 77.4 Å². The van der Waals surface area contributed by atoms with E-state index in [1.165, 1.54) is 0 Å². The van der Waals surface area contributed by atoms with Crippen molar-refractivity contribution in [2.75, 3.05) is 0 Å². The van der Waals surface area contributed by atoms with Crippen molar-refractivity contribution in [3.8, 4) is 5.75 Å². The highest BCUT2D eigenvalue weighted by molar-refractivity contribution is 5.81. The maximum absolute atomic E-state index is 11.0. The van der Waals surface area contributed by atoms with Gasteiger partial charge in [0.05, 0.1) is 0 Å². The van der Waals surface area contributed by atoms with Crippen molar-refractivity contribution < 1.29 is 5.11 Å². The van der Waals surface area contributed by atoms with Crippen LogP contribution in [0.1, 0.15) is 13.3 Å². The van der Waals surface area contributed by atoms with Gasteiger partial charge in [-0.2, -0.15) is 0 Å². The molecule has 0 aliphatic rings. The van der Waals surface area contributed by atoms with Gasteiger partial charge >= 0.3 is 0 Å². The fourth-order valence-electron chi connectivity index (χ4n) is 1.61. The molecule has 0 bridgehead atoms. The Bertz CT molecular complexity index is 417. The number of benzene rings is 1. The number of fused-ring (bicyclic) bond motifs is 1. The monoisotopic (exact) mass is 174 g/mol. The molecular formula is C11H12NO. The molecule has 13 heavy (non-hydrogen) atoms. The summed E-state index contributed by atoms with van der Waals surface area (Å²) in [5.41, 5.74) is 1.15. The zero-order valence-electron chi connectivity index (χ0n) is 7.66. The van der Waals surface area contributed by atoms with Crippen LogP contribution in [-0.4, -0.2) is 4.57 Å². The van der Waals surface area contributed by atoms with Crippen LogP contribution < -0.4 is 0 Å². The maximum Gasteiger partial charge on any atom is 0.179 e. The molecule has 0 atom stereocenters. The Kier molecular flexibility index (Phi) is 1.97. The second-order valence-electron chi connectivity index (χ2n) is 3.23. The van der Waals surface area contributed by atoms with Crippen molar-refractivity contribution in [1.29, 1.82) is 0 Å². The molecule has 1 heterocycles. The molecular weight excluding hydrogens is 162 g/mol. The first-order valence-corrected chi connectivity index (χ1v) is 4.57. The maximum atomic E-state index is 11.0. The van der Waals surface area contributed by atoms with Gasteiger partial charge in [-0.05, 0) is 30.7 Å². The van der Waals surface area contributed by atoms with Gasteiger partial charge in [-0.25, -0.2) is 0 Å². The van der Waals surface area contributed by atoms with Crippen molar-refractivity contribution in [2.24, 2.45) is 0 Å². The fourth-order valence-corrected chi connectivity index (χ4v) is 1.61. The Balaban J connectivity index is 2.55. The van der Waals surface area contributed by atoms with E-state index in [1.54, 1.807) is 12.1 Å². The zero-order valence-corrected chi connectivity index (χ0v) is 7.66. The van der Waals surface area contributed by atoms with E-state index >= 15 is 0 Å². The normalized spacial score (nSPS) is 10.8. The Hall–Kier alpha value is -1.44. The first-order chi connectivity index (χ1) is 6.31. The van der Waals surface area contributed by atoms with E-state index in [-0.39, 0.29) is 5.75 Å². The average molecular weight is 174 g/mol. The van der Waals surface area contributed by atoms with Crippen LogP contribution in [0.15, 0.2) is 30.5 Å². The van der Waals surface area contributed by atoms with Gasteiger partial charge in [0.25, 0.3) is 0 Å². The molecule has 67 valence electrons. The molecule has 2 nitrogen and oxygen atoms in total. The van der Waals surface area contributed by atoms with Crippen molar-refractivity contribution in [3.63, 3.8) is 0 Å². The van der Waals surface area contributed by atoms with Crippen molar-refractivity contribution in [2.45, 2.75) is 19.9 Å². The van der Waals surface area contributed by atoms with Gasteiger partial charge in [-0.3, -0.25) is 5.11 Å². The van der Waals surface area contributed by atoms with Crippen LogP contribution in [0.5, 0.6) is 5.75 Å². The first-order valence-electron chi connectivity index (χ1n) is 4.57. The summed E-state index contributed by atoms with van der Waals surface area (Å²) in [6.45, 7) is 3.16. The molecule has 0 spiro atoms. The molecule has 1 radical (unpaired) electrons. The molecule has 0 aliphatic heterocycles. The number of hydrogen-bond acceptors (Lipinski definition) is 0. The number of nitrogens with zero attached hydrogens (tertiary/aromatic N) is 1. The second kappa shape index (κ2) is 3.13. The topological polar surface area (TPSA) is 24.8 Å².